The van der Waals surface area contributed by atoms with Crippen LogP contribution >= 0.6 is 0 Å². The zero-order chi connectivity index (χ0) is 24.2. The van der Waals surface area contributed by atoms with Crippen LogP contribution in [0.4, 0.5) is 10.5 Å². The lowest BCUT2D eigenvalue weighted by molar-refractivity contribution is -0.151. The number of nitrogens with zero attached hydrogens (tertiary/aromatic N) is 1. The quantitative estimate of drug-likeness (QED) is 0.564. The number of amides is 2. The zero-order valence-corrected chi connectivity index (χ0v) is 18.9. The molecule has 176 valence electrons. The van der Waals surface area contributed by atoms with Crippen LogP contribution in [0.15, 0.2) is 72.8 Å². The van der Waals surface area contributed by atoms with E-state index in [1.165, 1.54) is 4.90 Å². The third-order valence-corrected chi connectivity index (χ3v) is 7.55. The molecule has 2 heterocycles. The van der Waals surface area contributed by atoms with E-state index in [1.54, 1.807) is 24.3 Å². The average Bonchev–Trinajstić information content (AvgIpc) is 3.51. The van der Waals surface area contributed by atoms with Gasteiger partial charge in [0.2, 0.25) is 0 Å². The summed E-state index contributed by atoms with van der Waals surface area (Å²) in [6.07, 6.45) is 0.402. The number of benzene rings is 3. The second-order valence-corrected chi connectivity index (χ2v) is 9.56. The molecule has 7 rings (SSSR count). The molecule has 0 unspecified atom stereocenters. The maximum Gasteiger partial charge on any atom is 0.411 e. The van der Waals surface area contributed by atoms with Crippen molar-refractivity contribution in [2.75, 3.05) is 18.5 Å². The third kappa shape index (κ3) is 3.38. The highest BCUT2D eigenvalue weighted by molar-refractivity contribution is 6.00. The Kier molecular flexibility index (Phi) is 4.88. The highest BCUT2D eigenvalue weighted by atomic mass is 16.5. The Hall–Kier alpha value is -4.13. The Morgan fingerprint density at radius 3 is 2.26 bits per heavy atom. The van der Waals surface area contributed by atoms with Gasteiger partial charge in [-0.25, -0.2) is 9.59 Å². The van der Waals surface area contributed by atoms with Crippen molar-refractivity contribution < 1.29 is 24.2 Å². The second-order valence-electron chi connectivity index (χ2n) is 9.56. The minimum atomic E-state index is -1.09. The van der Waals surface area contributed by atoms with Gasteiger partial charge in [-0.1, -0.05) is 54.6 Å². The number of aliphatic carboxylic acids is 1. The molecule has 3 aromatic carbocycles. The summed E-state index contributed by atoms with van der Waals surface area (Å²) >= 11 is 0. The summed E-state index contributed by atoms with van der Waals surface area (Å²) in [6.45, 7) is 0.643. The molecule has 2 N–H and O–H groups in total. The molecule has 0 atom stereocenters. The van der Waals surface area contributed by atoms with Gasteiger partial charge in [-0.3, -0.25) is 10.1 Å². The van der Waals surface area contributed by atoms with E-state index in [4.69, 9.17) is 4.74 Å². The standard InChI is InChI=1S/C28H24N2O5/c31-25(30-15-17-13-28(30,14-17)26(32)33)18-6-5-7-19(12-18)29-27(34)35-16-24-22-10-3-1-8-20(22)21-9-2-4-11-23(21)24/h1-12,17,24H,13-16H2,(H,29,34)(H,32,33). The molecular weight excluding hydrogens is 444 g/mol. The lowest BCUT2D eigenvalue weighted by Gasteiger charge is -2.37. The number of carboxylic acid groups (broad SMARTS) is 1. The monoisotopic (exact) mass is 468 g/mol. The fourth-order valence-corrected chi connectivity index (χ4v) is 5.88. The Morgan fingerprint density at radius 2 is 1.60 bits per heavy atom. The van der Waals surface area contributed by atoms with Gasteiger partial charge in [-0.05, 0) is 59.2 Å². The van der Waals surface area contributed by atoms with Gasteiger partial charge in [-0.15, -0.1) is 0 Å². The molecule has 4 aliphatic rings. The SMILES string of the molecule is O=C(Nc1cccc(C(=O)N2CC3CC2(C(=O)O)C3)c1)OCC1c2ccccc2-c2ccccc21. The summed E-state index contributed by atoms with van der Waals surface area (Å²) in [7, 11) is 0. The van der Waals surface area contributed by atoms with Gasteiger partial charge in [0.15, 0.2) is 0 Å². The molecule has 35 heavy (non-hydrogen) atoms. The van der Waals surface area contributed by atoms with Gasteiger partial charge in [0.25, 0.3) is 5.91 Å². The molecule has 3 aromatic rings. The van der Waals surface area contributed by atoms with Crippen LogP contribution in [0.2, 0.25) is 0 Å². The summed E-state index contributed by atoms with van der Waals surface area (Å²) in [5, 5.41) is 12.4. The molecule has 0 spiro atoms. The van der Waals surface area contributed by atoms with Crippen molar-refractivity contribution in [1.82, 2.24) is 4.90 Å². The van der Waals surface area contributed by atoms with Gasteiger partial charge in [0.05, 0.1) is 0 Å². The summed E-state index contributed by atoms with van der Waals surface area (Å²) in [6, 6.07) is 22.8. The fourth-order valence-electron chi connectivity index (χ4n) is 5.88. The minimum absolute atomic E-state index is 0.0464. The predicted molar refractivity (Wildman–Crippen MR) is 129 cm³/mol. The number of ether oxygens (including phenoxy) is 1. The number of carboxylic acids is 1. The van der Waals surface area contributed by atoms with E-state index in [-0.39, 0.29) is 24.3 Å². The molecule has 2 saturated heterocycles. The Balaban J connectivity index is 1.14. The van der Waals surface area contributed by atoms with Crippen LogP contribution in [0.3, 0.4) is 0 Å². The van der Waals surface area contributed by atoms with E-state index < -0.39 is 17.6 Å². The van der Waals surface area contributed by atoms with Crippen molar-refractivity contribution in [3.8, 4) is 11.1 Å². The number of rotatable bonds is 5. The Labute approximate surface area is 202 Å². The number of anilines is 1. The van der Waals surface area contributed by atoms with Gasteiger partial charge in [-0.2, -0.15) is 0 Å². The van der Waals surface area contributed by atoms with Crippen molar-refractivity contribution >= 4 is 23.7 Å². The Morgan fingerprint density at radius 1 is 0.943 bits per heavy atom. The first-order chi connectivity index (χ1) is 17.0. The smallest absolute Gasteiger partial charge is 0.411 e. The minimum Gasteiger partial charge on any atom is -0.479 e. The molecule has 2 aliphatic heterocycles. The summed E-state index contributed by atoms with van der Waals surface area (Å²) < 4.78 is 5.59. The molecule has 0 aromatic heterocycles. The van der Waals surface area contributed by atoms with Crippen molar-refractivity contribution in [3.63, 3.8) is 0 Å². The fraction of sp³-hybridized carbons (Fsp3) is 0.250. The van der Waals surface area contributed by atoms with Crippen LogP contribution in [0.5, 0.6) is 0 Å². The lowest BCUT2D eigenvalue weighted by Crippen LogP contribution is -2.54. The van der Waals surface area contributed by atoms with Gasteiger partial charge in [0.1, 0.15) is 12.1 Å². The van der Waals surface area contributed by atoms with E-state index >= 15 is 0 Å². The first-order valence-electron chi connectivity index (χ1n) is 11.7. The number of carbonyl (C=O) groups excluding carboxylic acids is 2. The lowest BCUT2D eigenvalue weighted by atomic mass is 9.73. The van der Waals surface area contributed by atoms with E-state index in [1.807, 2.05) is 24.3 Å². The average molecular weight is 469 g/mol. The van der Waals surface area contributed by atoms with Crippen LogP contribution in [-0.2, 0) is 9.53 Å². The van der Waals surface area contributed by atoms with Crippen LogP contribution in [0, 0.1) is 5.92 Å². The molecule has 0 radical (unpaired) electrons. The van der Waals surface area contributed by atoms with Crippen LogP contribution in [0.1, 0.15) is 40.2 Å². The highest BCUT2D eigenvalue weighted by Crippen LogP contribution is 2.51. The second kappa shape index (κ2) is 7.98. The largest absolute Gasteiger partial charge is 0.479 e. The van der Waals surface area contributed by atoms with Crippen molar-refractivity contribution in [2.24, 2.45) is 5.92 Å². The molecule has 2 bridgehead atoms. The van der Waals surface area contributed by atoms with E-state index in [0.29, 0.717) is 30.6 Å². The maximum absolute atomic E-state index is 13.1. The van der Waals surface area contributed by atoms with Gasteiger partial charge < -0.3 is 14.7 Å². The number of hydrogen-bond donors (Lipinski definition) is 2. The van der Waals surface area contributed by atoms with Crippen LogP contribution in [0.25, 0.3) is 11.1 Å². The van der Waals surface area contributed by atoms with E-state index in [2.05, 4.69) is 29.6 Å². The molecule has 7 nitrogen and oxygen atoms in total. The van der Waals surface area contributed by atoms with Crippen molar-refractivity contribution in [3.05, 3.63) is 89.5 Å². The van der Waals surface area contributed by atoms with Gasteiger partial charge in [0, 0.05) is 23.7 Å². The van der Waals surface area contributed by atoms with Gasteiger partial charge >= 0.3 is 12.1 Å². The van der Waals surface area contributed by atoms with Crippen molar-refractivity contribution in [1.29, 1.82) is 0 Å². The summed E-state index contributed by atoms with van der Waals surface area (Å²) in [5.41, 5.74) is 4.25. The van der Waals surface area contributed by atoms with Crippen LogP contribution < -0.4 is 5.32 Å². The number of carbonyl (C=O) groups is 3. The molecular formula is C28H24N2O5. The molecule has 7 heteroatoms. The summed E-state index contributed by atoms with van der Waals surface area (Å²) in [4.78, 5) is 39.0. The third-order valence-electron chi connectivity index (χ3n) is 7.55. The van der Waals surface area contributed by atoms with E-state index in [9.17, 15) is 19.5 Å². The van der Waals surface area contributed by atoms with Crippen molar-refractivity contribution in [2.45, 2.75) is 24.3 Å². The summed E-state index contributed by atoms with van der Waals surface area (Å²) in [5.74, 6) is -1.08. The van der Waals surface area contributed by atoms with E-state index in [0.717, 1.165) is 22.3 Å². The normalized spacial score (nSPS) is 21.6. The molecule has 1 saturated carbocycles. The number of hydrogen-bond acceptors (Lipinski definition) is 4. The number of fused-ring (bicyclic) bond motifs is 4. The first kappa shape index (κ1) is 21.4. The first-order valence-corrected chi connectivity index (χ1v) is 11.7. The Bertz CT molecular complexity index is 1320. The number of nitrogens with one attached hydrogen (secondary N) is 1. The maximum atomic E-state index is 13.1. The molecule has 3 fully saturated rings. The molecule has 2 aliphatic carbocycles. The zero-order valence-electron chi connectivity index (χ0n) is 18.9. The van der Waals surface area contributed by atoms with Crippen LogP contribution in [-0.4, -0.2) is 46.7 Å². The topological polar surface area (TPSA) is 95.9 Å². The molecule has 2 amide bonds. The predicted octanol–water partition coefficient (Wildman–Crippen LogP) is 4.74. The highest BCUT2D eigenvalue weighted by Gasteiger charge is 2.62.